The van der Waals surface area contributed by atoms with Crippen LogP contribution in [-0.4, -0.2) is 37.1 Å². The third-order valence-corrected chi connectivity index (χ3v) is 3.64. The van der Waals surface area contributed by atoms with E-state index in [0.717, 1.165) is 12.1 Å². The van der Waals surface area contributed by atoms with E-state index in [1.807, 2.05) is 0 Å². The first kappa shape index (κ1) is 9.47. The Morgan fingerprint density at radius 1 is 1.23 bits per heavy atom. The molecule has 2 rings (SSSR count). The summed E-state index contributed by atoms with van der Waals surface area (Å²) in [6.07, 6.45) is 8.45. The lowest BCUT2D eigenvalue weighted by Gasteiger charge is -2.28. The van der Waals surface area contributed by atoms with E-state index in [1.54, 1.807) is 0 Å². The van der Waals surface area contributed by atoms with Gasteiger partial charge in [0, 0.05) is 12.1 Å². The highest BCUT2D eigenvalue weighted by molar-refractivity contribution is 4.83. The van der Waals surface area contributed by atoms with E-state index in [-0.39, 0.29) is 0 Å². The Morgan fingerprint density at radius 3 is 2.77 bits per heavy atom. The van der Waals surface area contributed by atoms with E-state index < -0.39 is 0 Å². The molecule has 2 aliphatic heterocycles. The molecular formula is C11H22N2. The molecule has 0 aromatic heterocycles. The Morgan fingerprint density at radius 2 is 2.15 bits per heavy atom. The first-order chi connectivity index (χ1) is 6.36. The summed E-state index contributed by atoms with van der Waals surface area (Å²) in [6, 6.07) is 1.69. The van der Waals surface area contributed by atoms with Gasteiger partial charge >= 0.3 is 0 Å². The molecule has 0 aromatic carbocycles. The molecule has 1 unspecified atom stereocenters. The van der Waals surface area contributed by atoms with E-state index >= 15 is 0 Å². The van der Waals surface area contributed by atoms with Gasteiger partial charge in [-0.15, -0.1) is 0 Å². The Kier molecular flexibility index (Phi) is 3.23. The lowest BCUT2D eigenvalue weighted by Crippen LogP contribution is -2.39. The Bertz CT molecular complexity index is 152. The van der Waals surface area contributed by atoms with Crippen LogP contribution in [0.3, 0.4) is 0 Å². The Hall–Kier alpha value is -0.0800. The Labute approximate surface area is 81.7 Å². The van der Waals surface area contributed by atoms with E-state index in [0.29, 0.717) is 0 Å². The minimum atomic E-state index is 0.819. The average Bonchev–Trinajstić information content (AvgIpc) is 2.54. The fraction of sp³-hybridized carbons (Fsp3) is 1.00. The molecule has 0 aliphatic carbocycles. The van der Waals surface area contributed by atoms with Gasteiger partial charge in [-0.2, -0.15) is 0 Å². The number of nitrogens with zero attached hydrogens (tertiary/aromatic N) is 1. The molecule has 76 valence electrons. The summed E-state index contributed by atoms with van der Waals surface area (Å²) < 4.78 is 0. The molecule has 0 radical (unpaired) electrons. The molecule has 0 bridgehead atoms. The lowest BCUT2D eigenvalue weighted by atomic mass is 9.97. The van der Waals surface area contributed by atoms with E-state index in [2.05, 4.69) is 17.3 Å². The molecule has 0 saturated carbocycles. The molecule has 2 heterocycles. The third kappa shape index (κ3) is 2.44. The second-order valence-corrected chi connectivity index (χ2v) is 4.66. The zero-order valence-corrected chi connectivity index (χ0v) is 8.76. The van der Waals surface area contributed by atoms with Crippen molar-refractivity contribution in [3.8, 4) is 0 Å². The summed E-state index contributed by atoms with van der Waals surface area (Å²) in [6.45, 7) is 2.57. The van der Waals surface area contributed by atoms with Crippen LogP contribution in [0.5, 0.6) is 0 Å². The summed E-state index contributed by atoms with van der Waals surface area (Å²) >= 11 is 0. The molecule has 2 fully saturated rings. The second kappa shape index (κ2) is 4.43. The van der Waals surface area contributed by atoms with Gasteiger partial charge in [0.25, 0.3) is 0 Å². The van der Waals surface area contributed by atoms with Crippen molar-refractivity contribution in [3.63, 3.8) is 0 Å². The van der Waals surface area contributed by atoms with Crippen LogP contribution >= 0.6 is 0 Å². The van der Waals surface area contributed by atoms with Gasteiger partial charge in [-0.3, -0.25) is 0 Å². The molecule has 2 aliphatic rings. The van der Waals surface area contributed by atoms with Crippen LogP contribution in [0.15, 0.2) is 0 Å². The largest absolute Gasteiger partial charge is 0.314 e. The smallest absolute Gasteiger partial charge is 0.0107 e. The molecule has 0 spiro atoms. The molecule has 2 nitrogen and oxygen atoms in total. The molecule has 0 amide bonds. The highest BCUT2D eigenvalue weighted by Crippen LogP contribution is 2.22. The van der Waals surface area contributed by atoms with Gasteiger partial charge in [0.05, 0.1) is 0 Å². The van der Waals surface area contributed by atoms with Gasteiger partial charge in [0.2, 0.25) is 0 Å². The van der Waals surface area contributed by atoms with Crippen LogP contribution in [-0.2, 0) is 0 Å². The molecule has 13 heavy (non-hydrogen) atoms. The SMILES string of the molecule is CN1CCC[C@H]1CC1CCCCN1. The monoisotopic (exact) mass is 182 g/mol. The normalized spacial score (nSPS) is 36.7. The van der Waals surface area contributed by atoms with Crippen LogP contribution in [0.2, 0.25) is 0 Å². The van der Waals surface area contributed by atoms with Crippen molar-refractivity contribution in [2.75, 3.05) is 20.1 Å². The standard InChI is InChI=1S/C11H22N2/c1-13-8-4-6-11(13)9-10-5-2-3-7-12-10/h10-12H,2-9H2,1H3/t10?,11-/m0/s1. The number of nitrogens with one attached hydrogen (secondary N) is 1. The van der Waals surface area contributed by atoms with Gasteiger partial charge in [0.1, 0.15) is 0 Å². The first-order valence-corrected chi connectivity index (χ1v) is 5.80. The highest BCUT2D eigenvalue weighted by Gasteiger charge is 2.24. The molecule has 2 atom stereocenters. The van der Waals surface area contributed by atoms with Crippen LogP contribution < -0.4 is 5.32 Å². The number of likely N-dealkylation sites (tertiary alicyclic amines) is 1. The van der Waals surface area contributed by atoms with Crippen molar-refractivity contribution in [2.24, 2.45) is 0 Å². The van der Waals surface area contributed by atoms with Gasteiger partial charge in [-0.25, -0.2) is 0 Å². The zero-order chi connectivity index (χ0) is 9.10. The molecular weight excluding hydrogens is 160 g/mol. The topological polar surface area (TPSA) is 15.3 Å². The summed E-state index contributed by atoms with van der Waals surface area (Å²) in [5.41, 5.74) is 0. The minimum absolute atomic E-state index is 0.819. The molecule has 2 heteroatoms. The Balaban J connectivity index is 1.75. The van der Waals surface area contributed by atoms with Crippen molar-refractivity contribution in [3.05, 3.63) is 0 Å². The van der Waals surface area contributed by atoms with Gasteiger partial charge < -0.3 is 10.2 Å². The zero-order valence-electron chi connectivity index (χ0n) is 8.76. The maximum atomic E-state index is 3.64. The number of piperidine rings is 1. The van der Waals surface area contributed by atoms with Gasteiger partial charge in [-0.1, -0.05) is 6.42 Å². The van der Waals surface area contributed by atoms with Crippen LogP contribution in [0, 0.1) is 0 Å². The predicted molar refractivity (Wildman–Crippen MR) is 55.9 cm³/mol. The number of hydrogen-bond acceptors (Lipinski definition) is 2. The fourth-order valence-electron chi connectivity index (χ4n) is 2.73. The van der Waals surface area contributed by atoms with Crippen LogP contribution in [0.1, 0.15) is 38.5 Å². The maximum absolute atomic E-state index is 3.64. The van der Waals surface area contributed by atoms with Crippen molar-refractivity contribution < 1.29 is 0 Å². The van der Waals surface area contributed by atoms with Crippen molar-refractivity contribution in [2.45, 2.75) is 50.6 Å². The van der Waals surface area contributed by atoms with E-state index in [9.17, 15) is 0 Å². The predicted octanol–water partition coefficient (Wildman–Crippen LogP) is 1.61. The van der Waals surface area contributed by atoms with Crippen molar-refractivity contribution >= 4 is 0 Å². The van der Waals surface area contributed by atoms with Gasteiger partial charge in [0.15, 0.2) is 0 Å². The molecule has 2 saturated heterocycles. The summed E-state index contributed by atoms with van der Waals surface area (Å²) in [5, 5.41) is 3.64. The quantitative estimate of drug-likeness (QED) is 0.698. The number of rotatable bonds is 2. The molecule has 1 N–H and O–H groups in total. The summed E-state index contributed by atoms with van der Waals surface area (Å²) in [5.74, 6) is 0. The molecule has 0 aromatic rings. The maximum Gasteiger partial charge on any atom is 0.0107 e. The summed E-state index contributed by atoms with van der Waals surface area (Å²) in [7, 11) is 2.28. The van der Waals surface area contributed by atoms with Crippen LogP contribution in [0.4, 0.5) is 0 Å². The summed E-state index contributed by atoms with van der Waals surface area (Å²) in [4.78, 5) is 2.54. The van der Waals surface area contributed by atoms with Crippen LogP contribution in [0.25, 0.3) is 0 Å². The second-order valence-electron chi connectivity index (χ2n) is 4.66. The van der Waals surface area contributed by atoms with Crippen molar-refractivity contribution in [1.82, 2.24) is 10.2 Å². The first-order valence-electron chi connectivity index (χ1n) is 5.80. The van der Waals surface area contributed by atoms with Gasteiger partial charge in [-0.05, 0) is 52.2 Å². The van der Waals surface area contributed by atoms with E-state index in [1.165, 1.54) is 51.6 Å². The minimum Gasteiger partial charge on any atom is -0.314 e. The fourth-order valence-corrected chi connectivity index (χ4v) is 2.73. The number of hydrogen-bond donors (Lipinski definition) is 1. The third-order valence-electron chi connectivity index (χ3n) is 3.64. The van der Waals surface area contributed by atoms with E-state index in [4.69, 9.17) is 0 Å². The highest BCUT2D eigenvalue weighted by atomic mass is 15.1. The van der Waals surface area contributed by atoms with Crippen molar-refractivity contribution in [1.29, 1.82) is 0 Å². The average molecular weight is 182 g/mol. The lowest BCUT2D eigenvalue weighted by molar-refractivity contribution is 0.252.